The predicted molar refractivity (Wildman–Crippen MR) is 42.4 cm³/mol. The zero-order valence-corrected chi connectivity index (χ0v) is 5.31. The minimum Gasteiger partial charge on any atom is -0.106 e. The molecule has 0 atom stereocenters. The average Bonchev–Trinajstić information content (AvgIpc) is 1.97. The zero-order valence-electron chi connectivity index (χ0n) is 5.31. The zero-order chi connectivity index (χ0) is 7.66. The Labute approximate surface area is 61.3 Å². The molecule has 0 aliphatic carbocycles. The first-order chi connectivity index (χ1) is 4.91. The molecule has 0 amide bonds. The second-order valence-corrected chi connectivity index (χ2v) is 1.16. The van der Waals surface area contributed by atoms with Crippen LogP contribution in [0.25, 0.3) is 0 Å². The molecule has 0 saturated carbocycles. The van der Waals surface area contributed by atoms with Crippen molar-refractivity contribution in [1.82, 2.24) is 0 Å². The highest BCUT2D eigenvalue weighted by molar-refractivity contribution is 5.34. The molecule has 0 saturated heterocycles. The van der Waals surface area contributed by atoms with E-state index in [0.717, 1.165) is 0 Å². The van der Waals surface area contributed by atoms with Crippen LogP contribution in [0.15, 0.2) is 12.2 Å². The summed E-state index contributed by atoms with van der Waals surface area (Å²) in [5, 5.41) is 0. The van der Waals surface area contributed by atoms with Gasteiger partial charge in [-0.3, -0.25) is 0 Å². The summed E-state index contributed by atoms with van der Waals surface area (Å²) < 4.78 is 0. The van der Waals surface area contributed by atoms with Crippen molar-refractivity contribution in [1.29, 1.82) is 0 Å². The van der Waals surface area contributed by atoms with Crippen LogP contribution in [0, 0.1) is 48.4 Å². The van der Waals surface area contributed by atoms with Crippen LogP contribution >= 0.6 is 0 Å². The van der Waals surface area contributed by atoms with Gasteiger partial charge in [-0.15, -0.1) is 12.8 Å². The summed E-state index contributed by atoms with van der Waals surface area (Å²) in [6.07, 6.45) is 12.8. The van der Waals surface area contributed by atoms with Gasteiger partial charge in [-0.05, 0) is 35.8 Å². The lowest BCUT2D eigenvalue weighted by atomic mass is 10.4. The number of rotatable bonds is 0. The van der Waals surface area contributed by atoms with Gasteiger partial charge in [-0.1, -0.05) is 11.8 Å². The summed E-state index contributed by atoms with van der Waals surface area (Å²) in [4.78, 5) is 0. The Bertz CT molecular complexity index is 274. The molecule has 0 aromatic carbocycles. The van der Waals surface area contributed by atoms with Gasteiger partial charge in [0.1, 0.15) is 0 Å². The third-order valence-electron chi connectivity index (χ3n) is 0.539. The van der Waals surface area contributed by atoms with Crippen LogP contribution in [0.2, 0.25) is 0 Å². The van der Waals surface area contributed by atoms with Crippen molar-refractivity contribution in [2.24, 2.45) is 0 Å². The standard InChI is InChI=1S/C10H4/c1-3-5-7-9-10-8-6-4-2/h1-2,9-10H/b10-9+. The van der Waals surface area contributed by atoms with Gasteiger partial charge in [0.25, 0.3) is 0 Å². The van der Waals surface area contributed by atoms with Crippen LogP contribution in [0.1, 0.15) is 0 Å². The molecule has 0 bridgehead atoms. The normalized spacial score (nSPS) is 5.80. The molecule has 0 rings (SSSR count). The summed E-state index contributed by atoms with van der Waals surface area (Å²) >= 11 is 0. The fourth-order valence-electron chi connectivity index (χ4n) is 0.250. The van der Waals surface area contributed by atoms with E-state index in [-0.39, 0.29) is 0 Å². The molecule has 0 fully saturated rings. The van der Waals surface area contributed by atoms with Crippen LogP contribution in [0.4, 0.5) is 0 Å². The predicted octanol–water partition coefficient (Wildman–Crippen LogP) is 0.816. The topological polar surface area (TPSA) is 0 Å². The van der Waals surface area contributed by atoms with E-state index in [4.69, 9.17) is 12.8 Å². The van der Waals surface area contributed by atoms with Gasteiger partial charge in [0.05, 0.1) is 0 Å². The Morgan fingerprint density at radius 2 is 1.20 bits per heavy atom. The highest BCUT2D eigenvalue weighted by atomic mass is 13.6. The smallest absolute Gasteiger partial charge is 0.00246 e. The quantitative estimate of drug-likeness (QED) is 0.419. The van der Waals surface area contributed by atoms with Crippen molar-refractivity contribution in [3.05, 3.63) is 12.2 Å². The second-order valence-electron chi connectivity index (χ2n) is 1.16. The van der Waals surface area contributed by atoms with E-state index in [0.29, 0.717) is 0 Å². The Hall–Kier alpha value is -2.02. The molecule has 0 aromatic rings. The highest BCUT2D eigenvalue weighted by Gasteiger charge is 1.55. The summed E-state index contributed by atoms with van der Waals surface area (Å²) in [6, 6.07) is 0. The Morgan fingerprint density at radius 1 is 0.800 bits per heavy atom. The second kappa shape index (κ2) is 6.98. The lowest BCUT2D eigenvalue weighted by Gasteiger charge is -1.59. The van der Waals surface area contributed by atoms with Gasteiger partial charge in [0.2, 0.25) is 0 Å². The fourth-order valence-corrected chi connectivity index (χ4v) is 0.250. The molecule has 0 radical (unpaired) electrons. The van der Waals surface area contributed by atoms with E-state index >= 15 is 0 Å². The average molecular weight is 124 g/mol. The molecule has 0 aliphatic heterocycles. The van der Waals surface area contributed by atoms with Gasteiger partial charge >= 0.3 is 0 Å². The van der Waals surface area contributed by atoms with Crippen molar-refractivity contribution in [2.45, 2.75) is 0 Å². The molecule has 0 N–H and O–H groups in total. The van der Waals surface area contributed by atoms with Gasteiger partial charge in [-0.25, -0.2) is 0 Å². The van der Waals surface area contributed by atoms with E-state index in [2.05, 4.69) is 35.5 Å². The van der Waals surface area contributed by atoms with Crippen molar-refractivity contribution in [2.75, 3.05) is 0 Å². The molecule has 0 aliphatic rings. The first-order valence-corrected chi connectivity index (χ1v) is 2.49. The third-order valence-corrected chi connectivity index (χ3v) is 0.539. The molecule has 10 heavy (non-hydrogen) atoms. The highest BCUT2D eigenvalue weighted by Crippen LogP contribution is 1.65. The van der Waals surface area contributed by atoms with Crippen molar-refractivity contribution >= 4 is 0 Å². The molecule has 0 unspecified atom stereocenters. The first-order valence-electron chi connectivity index (χ1n) is 2.49. The van der Waals surface area contributed by atoms with E-state index < -0.39 is 0 Å². The maximum absolute atomic E-state index is 4.84. The molecular weight excluding hydrogens is 120 g/mol. The van der Waals surface area contributed by atoms with Crippen LogP contribution in [0.5, 0.6) is 0 Å². The molecule has 0 nitrogen and oxygen atoms in total. The van der Waals surface area contributed by atoms with Crippen LogP contribution < -0.4 is 0 Å². The number of hydrogen-bond acceptors (Lipinski definition) is 0. The molecule has 0 heteroatoms. The third kappa shape index (κ3) is 5.98. The Morgan fingerprint density at radius 3 is 1.50 bits per heavy atom. The maximum Gasteiger partial charge on any atom is -0.00246 e. The maximum atomic E-state index is 4.84. The largest absolute Gasteiger partial charge is 0.106 e. The SMILES string of the molecule is C#CC#C/C=C/C#CC#C. The summed E-state index contributed by atoms with van der Waals surface area (Å²) in [5.74, 6) is 14.2. The summed E-state index contributed by atoms with van der Waals surface area (Å²) in [5.41, 5.74) is 0. The number of terminal acetylenes is 2. The first kappa shape index (κ1) is 7.98. The number of hydrogen-bond donors (Lipinski definition) is 0. The van der Waals surface area contributed by atoms with Gasteiger partial charge in [-0.2, -0.15) is 0 Å². The van der Waals surface area contributed by atoms with Gasteiger partial charge in [0, 0.05) is 0 Å². The van der Waals surface area contributed by atoms with Gasteiger partial charge < -0.3 is 0 Å². The number of allylic oxidation sites excluding steroid dienone is 2. The molecule has 0 spiro atoms. The lowest BCUT2D eigenvalue weighted by molar-refractivity contribution is 2.13. The lowest BCUT2D eigenvalue weighted by Crippen LogP contribution is -1.50. The van der Waals surface area contributed by atoms with E-state index in [1.54, 1.807) is 12.2 Å². The molecule has 0 aromatic heterocycles. The minimum atomic E-state index is 1.55. The van der Waals surface area contributed by atoms with Crippen LogP contribution in [-0.4, -0.2) is 0 Å². The summed E-state index contributed by atoms with van der Waals surface area (Å²) in [7, 11) is 0. The molecular formula is C10H4. The van der Waals surface area contributed by atoms with Crippen LogP contribution in [-0.2, 0) is 0 Å². The van der Waals surface area contributed by atoms with Gasteiger partial charge in [0.15, 0.2) is 0 Å². The molecule has 0 heterocycles. The van der Waals surface area contributed by atoms with E-state index in [9.17, 15) is 0 Å². The molecule has 44 valence electrons. The van der Waals surface area contributed by atoms with Crippen molar-refractivity contribution in [3.63, 3.8) is 0 Å². The van der Waals surface area contributed by atoms with Crippen molar-refractivity contribution in [3.8, 4) is 48.4 Å². The van der Waals surface area contributed by atoms with E-state index in [1.165, 1.54) is 0 Å². The monoisotopic (exact) mass is 124 g/mol. The van der Waals surface area contributed by atoms with Crippen LogP contribution in [0.3, 0.4) is 0 Å². The Balaban J connectivity index is 3.84. The fraction of sp³-hybridized carbons (Fsp3) is 0. The minimum absolute atomic E-state index is 1.55. The van der Waals surface area contributed by atoms with Crippen molar-refractivity contribution < 1.29 is 0 Å². The van der Waals surface area contributed by atoms with E-state index in [1.807, 2.05) is 0 Å². The Kier molecular flexibility index (Phi) is 5.57. The summed E-state index contributed by atoms with van der Waals surface area (Å²) in [6.45, 7) is 0.